The Morgan fingerprint density at radius 2 is 1.73 bits per heavy atom. The topological polar surface area (TPSA) is 75.7 Å². The minimum Gasteiger partial charge on any atom is -0.484 e. The number of aryl methyl sites for hydroxylation is 1. The maximum absolute atomic E-state index is 12.4. The number of rotatable bonds is 9. The molecular formula is C25H27BrN2O4S. The van der Waals surface area contributed by atoms with Crippen LogP contribution >= 0.6 is 15.9 Å². The molecule has 6 nitrogen and oxygen atoms in total. The van der Waals surface area contributed by atoms with Gasteiger partial charge in [-0.25, -0.2) is 8.42 Å². The van der Waals surface area contributed by atoms with Crippen LogP contribution in [0.3, 0.4) is 0 Å². The lowest BCUT2D eigenvalue weighted by atomic mass is 10.1. The first-order chi connectivity index (χ1) is 15.6. The first kappa shape index (κ1) is 24.8. The SMILES string of the molecule is Cc1ccc(CN(c2ccc(OCC(=O)N[C@@H](C)c3cccc(Br)c3)cc2)S(C)(=O)=O)cc1. The van der Waals surface area contributed by atoms with Crippen LogP contribution in [0.2, 0.25) is 0 Å². The molecule has 8 heteroatoms. The maximum Gasteiger partial charge on any atom is 0.258 e. The summed E-state index contributed by atoms with van der Waals surface area (Å²) >= 11 is 3.43. The van der Waals surface area contributed by atoms with E-state index in [2.05, 4.69) is 21.2 Å². The van der Waals surface area contributed by atoms with E-state index in [-0.39, 0.29) is 25.1 Å². The van der Waals surface area contributed by atoms with E-state index in [0.717, 1.165) is 21.2 Å². The van der Waals surface area contributed by atoms with Crippen LogP contribution in [0.25, 0.3) is 0 Å². The van der Waals surface area contributed by atoms with Crippen molar-refractivity contribution < 1.29 is 17.9 Å². The quantitative estimate of drug-likeness (QED) is 0.423. The average Bonchev–Trinajstić information content (AvgIpc) is 2.77. The van der Waals surface area contributed by atoms with E-state index in [4.69, 9.17) is 4.74 Å². The number of carbonyl (C=O) groups excluding carboxylic acids is 1. The Morgan fingerprint density at radius 3 is 2.33 bits per heavy atom. The molecule has 3 aromatic rings. The van der Waals surface area contributed by atoms with Gasteiger partial charge in [0.05, 0.1) is 24.5 Å². The molecule has 0 aromatic heterocycles. The lowest BCUT2D eigenvalue weighted by Gasteiger charge is -2.23. The fraction of sp³-hybridized carbons (Fsp3) is 0.240. The van der Waals surface area contributed by atoms with E-state index in [0.29, 0.717) is 11.4 Å². The fourth-order valence-corrected chi connectivity index (χ4v) is 4.56. The molecule has 0 saturated carbocycles. The zero-order valence-corrected chi connectivity index (χ0v) is 21.2. The Hall–Kier alpha value is -2.84. The number of nitrogens with zero attached hydrogens (tertiary/aromatic N) is 1. The Balaban J connectivity index is 1.61. The molecule has 174 valence electrons. The van der Waals surface area contributed by atoms with Crippen molar-refractivity contribution in [3.8, 4) is 5.75 Å². The molecule has 1 atom stereocenters. The van der Waals surface area contributed by atoms with Gasteiger partial charge in [-0.05, 0) is 61.4 Å². The van der Waals surface area contributed by atoms with Crippen LogP contribution in [-0.2, 0) is 21.4 Å². The molecule has 0 radical (unpaired) electrons. The van der Waals surface area contributed by atoms with Gasteiger partial charge in [0.1, 0.15) is 5.75 Å². The van der Waals surface area contributed by atoms with Crippen molar-refractivity contribution in [2.75, 3.05) is 17.2 Å². The summed E-state index contributed by atoms with van der Waals surface area (Å²) in [7, 11) is -3.48. The zero-order chi connectivity index (χ0) is 24.0. The summed E-state index contributed by atoms with van der Waals surface area (Å²) in [5.41, 5.74) is 3.51. The summed E-state index contributed by atoms with van der Waals surface area (Å²) in [6.45, 7) is 3.98. The average molecular weight is 531 g/mol. The highest BCUT2D eigenvalue weighted by Crippen LogP contribution is 2.24. The molecule has 0 heterocycles. The van der Waals surface area contributed by atoms with Gasteiger partial charge in [0.15, 0.2) is 6.61 Å². The molecule has 3 aromatic carbocycles. The van der Waals surface area contributed by atoms with Crippen molar-refractivity contribution in [3.05, 3.63) is 94.0 Å². The molecule has 0 aliphatic heterocycles. The van der Waals surface area contributed by atoms with Crippen LogP contribution in [-0.4, -0.2) is 27.2 Å². The number of hydrogen-bond donors (Lipinski definition) is 1. The number of benzene rings is 3. The summed E-state index contributed by atoms with van der Waals surface area (Å²) in [4.78, 5) is 12.3. The first-order valence-electron chi connectivity index (χ1n) is 10.4. The van der Waals surface area contributed by atoms with E-state index in [1.807, 2.05) is 62.4 Å². The molecule has 1 N–H and O–H groups in total. The van der Waals surface area contributed by atoms with Crippen LogP contribution < -0.4 is 14.4 Å². The highest BCUT2D eigenvalue weighted by atomic mass is 79.9. The van der Waals surface area contributed by atoms with Crippen molar-refractivity contribution in [1.29, 1.82) is 0 Å². The molecule has 0 spiro atoms. The smallest absolute Gasteiger partial charge is 0.258 e. The van der Waals surface area contributed by atoms with Gasteiger partial charge in [-0.3, -0.25) is 9.10 Å². The predicted octanol–water partition coefficient (Wildman–Crippen LogP) is 4.98. The van der Waals surface area contributed by atoms with E-state index >= 15 is 0 Å². The van der Waals surface area contributed by atoms with Gasteiger partial charge < -0.3 is 10.1 Å². The van der Waals surface area contributed by atoms with Gasteiger partial charge in [-0.1, -0.05) is 57.9 Å². The number of ether oxygens (including phenoxy) is 1. The van der Waals surface area contributed by atoms with Crippen LogP contribution in [0, 0.1) is 6.92 Å². The van der Waals surface area contributed by atoms with Gasteiger partial charge in [0, 0.05) is 4.47 Å². The summed E-state index contributed by atoms with van der Waals surface area (Å²) in [6.07, 6.45) is 1.18. The van der Waals surface area contributed by atoms with E-state index in [9.17, 15) is 13.2 Å². The molecule has 0 aliphatic rings. The molecule has 0 bridgehead atoms. The van der Waals surface area contributed by atoms with Gasteiger partial charge in [0.2, 0.25) is 10.0 Å². The number of sulfonamides is 1. The second kappa shape index (κ2) is 10.9. The molecule has 1 amide bonds. The number of anilines is 1. The normalized spacial score (nSPS) is 12.1. The largest absolute Gasteiger partial charge is 0.484 e. The molecule has 0 fully saturated rings. The maximum atomic E-state index is 12.4. The van der Waals surface area contributed by atoms with Gasteiger partial charge in [-0.15, -0.1) is 0 Å². The summed E-state index contributed by atoms with van der Waals surface area (Å²) in [5, 5.41) is 2.90. The number of nitrogens with one attached hydrogen (secondary N) is 1. The molecule has 0 saturated heterocycles. The molecule has 33 heavy (non-hydrogen) atoms. The Labute approximate surface area is 203 Å². The lowest BCUT2D eigenvalue weighted by molar-refractivity contribution is -0.123. The Kier molecular flexibility index (Phi) is 8.15. The van der Waals surface area contributed by atoms with Crippen molar-refractivity contribution >= 4 is 37.5 Å². The Morgan fingerprint density at radius 1 is 1.06 bits per heavy atom. The third kappa shape index (κ3) is 7.33. The molecule has 3 rings (SSSR count). The minimum atomic E-state index is -3.48. The number of halogens is 1. The lowest BCUT2D eigenvalue weighted by Crippen LogP contribution is -2.31. The van der Waals surface area contributed by atoms with Gasteiger partial charge >= 0.3 is 0 Å². The molecular weight excluding hydrogens is 504 g/mol. The predicted molar refractivity (Wildman–Crippen MR) is 135 cm³/mol. The molecule has 0 unspecified atom stereocenters. The van der Waals surface area contributed by atoms with Crippen LogP contribution in [0.1, 0.15) is 29.7 Å². The number of amides is 1. The molecule has 0 aliphatic carbocycles. The van der Waals surface area contributed by atoms with Crippen LogP contribution in [0.15, 0.2) is 77.3 Å². The second-order valence-corrected chi connectivity index (χ2v) is 10.7. The summed E-state index contributed by atoms with van der Waals surface area (Å²) in [6, 6.07) is 22.0. The third-order valence-electron chi connectivity index (χ3n) is 5.07. The van der Waals surface area contributed by atoms with E-state index in [1.54, 1.807) is 24.3 Å². The minimum absolute atomic E-state index is 0.142. The van der Waals surface area contributed by atoms with Crippen molar-refractivity contribution in [2.24, 2.45) is 0 Å². The van der Waals surface area contributed by atoms with Gasteiger partial charge in [-0.2, -0.15) is 0 Å². The number of hydrogen-bond acceptors (Lipinski definition) is 4. The first-order valence-corrected chi connectivity index (χ1v) is 13.1. The monoisotopic (exact) mass is 530 g/mol. The highest BCUT2D eigenvalue weighted by Gasteiger charge is 2.18. The van der Waals surface area contributed by atoms with Gasteiger partial charge in [0.25, 0.3) is 5.91 Å². The zero-order valence-electron chi connectivity index (χ0n) is 18.8. The number of carbonyl (C=O) groups is 1. The summed E-state index contributed by atoms with van der Waals surface area (Å²) < 4.78 is 32.6. The van der Waals surface area contributed by atoms with Crippen molar-refractivity contribution in [1.82, 2.24) is 5.32 Å². The van der Waals surface area contributed by atoms with Crippen LogP contribution in [0.5, 0.6) is 5.75 Å². The van der Waals surface area contributed by atoms with Crippen LogP contribution in [0.4, 0.5) is 5.69 Å². The fourth-order valence-electron chi connectivity index (χ4n) is 3.26. The Bertz CT molecular complexity index is 1200. The van der Waals surface area contributed by atoms with Crippen molar-refractivity contribution in [2.45, 2.75) is 26.4 Å². The summed E-state index contributed by atoms with van der Waals surface area (Å²) in [5.74, 6) is 0.233. The van der Waals surface area contributed by atoms with E-state index < -0.39 is 10.0 Å². The van der Waals surface area contributed by atoms with E-state index in [1.165, 1.54) is 10.6 Å². The highest BCUT2D eigenvalue weighted by molar-refractivity contribution is 9.10. The standard InChI is InChI=1S/C25H27BrN2O4S/c1-18-7-9-20(10-8-18)16-28(33(3,30)31)23-11-13-24(14-12-23)32-17-25(29)27-19(2)21-5-4-6-22(26)15-21/h4-15,19H,16-17H2,1-3H3,(H,27,29)/t19-/m0/s1. The second-order valence-electron chi connectivity index (χ2n) is 7.88. The third-order valence-corrected chi connectivity index (χ3v) is 6.70. The van der Waals surface area contributed by atoms with Crippen molar-refractivity contribution in [3.63, 3.8) is 0 Å².